The van der Waals surface area contributed by atoms with E-state index in [2.05, 4.69) is 10.6 Å². The molecule has 148 valence electrons. The Balaban J connectivity index is 1.95. The third kappa shape index (κ3) is 6.48. The molecule has 0 aliphatic carbocycles. The van der Waals surface area contributed by atoms with E-state index in [1.807, 2.05) is 6.92 Å². The van der Waals surface area contributed by atoms with Gasteiger partial charge in [0.15, 0.2) is 0 Å². The number of ether oxygens (including phenoxy) is 1. The van der Waals surface area contributed by atoms with Crippen LogP contribution in [0.1, 0.15) is 29.3 Å². The van der Waals surface area contributed by atoms with Crippen molar-refractivity contribution >= 4 is 23.2 Å². The molecule has 2 amide bonds. The fourth-order valence-electron chi connectivity index (χ4n) is 2.52. The Hall–Kier alpha value is -3.26. The fraction of sp³-hybridized carbons (Fsp3) is 0.300. The first kappa shape index (κ1) is 21.0. The van der Waals surface area contributed by atoms with E-state index in [-0.39, 0.29) is 23.9 Å². The summed E-state index contributed by atoms with van der Waals surface area (Å²) in [5.41, 5.74) is 1.39. The molecule has 2 aromatic rings. The molecule has 0 atom stereocenters. The molecule has 0 saturated heterocycles. The number of rotatable bonds is 10. The lowest BCUT2D eigenvalue weighted by Gasteiger charge is -2.11. The molecular weight excluding hydrogens is 362 g/mol. The molecule has 0 radical (unpaired) electrons. The van der Waals surface area contributed by atoms with Gasteiger partial charge in [-0.3, -0.25) is 19.7 Å². The van der Waals surface area contributed by atoms with Gasteiger partial charge in [0.05, 0.1) is 22.6 Å². The maximum atomic E-state index is 12.4. The first-order valence-corrected chi connectivity index (χ1v) is 8.99. The molecule has 0 bridgehead atoms. The van der Waals surface area contributed by atoms with Crippen LogP contribution in [0.15, 0.2) is 48.5 Å². The van der Waals surface area contributed by atoms with Crippen LogP contribution in [-0.2, 0) is 16.0 Å². The lowest BCUT2D eigenvalue weighted by Crippen LogP contribution is -2.27. The average Bonchev–Trinajstić information content (AvgIpc) is 2.68. The van der Waals surface area contributed by atoms with Crippen LogP contribution < -0.4 is 10.6 Å². The summed E-state index contributed by atoms with van der Waals surface area (Å²) >= 11 is 0. The molecule has 8 heteroatoms. The topological polar surface area (TPSA) is 111 Å². The number of nitrogens with zero attached hydrogens (tertiary/aromatic N) is 1. The van der Waals surface area contributed by atoms with Crippen molar-refractivity contribution in [3.63, 3.8) is 0 Å². The monoisotopic (exact) mass is 385 g/mol. The molecule has 2 aromatic carbocycles. The Morgan fingerprint density at radius 1 is 1.11 bits per heavy atom. The van der Waals surface area contributed by atoms with Crippen molar-refractivity contribution in [2.75, 3.05) is 25.1 Å². The molecule has 0 aliphatic rings. The zero-order valence-electron chi connectivity index (χ0n) is 15.6. The Morgan fingerprint density at radius 3 is 2.50 bits per heavy atom. The maximum absolute atomic E-state index is 12.4. The summed E-state index contributed by atoms with van der Waals surface area (Å²) in [4.78, 5) is 34.9. The summed E-state index contributed by atoms with van der Waals surface area (Å²) in [6.07, 6.45) is 0.747. The Labute approximate surface area is 163 Å². The van der Waals surface area contributed by atoms with E-state index in [1.165, 1.54) is 24.3 Å². The van der Waals surface area contributed by atoms with E-state index in [9.17, 15) is 19.7 Å². The van der Waals surface area contributed by atoms with E-state index in [0.29, 0.717) is 43.0 Å². The summed E-state index contributed by atoms with van der Waals surface area (Å²) in [5.74, 6) is -0.590. The number of carbonyl (C=O) groups excluding carboxylic acids is 2. The second-order valence-corrected chi connectivity index (χ2v) is 6.00. The van der Waals surface area contributed by atoms with Crippen LogP contribution >= 0.6 is 0 Å². The quantitative estimate of drug-likeness (QED) is 0.371. The average molecular weight is 385 g/mol. The zero-order chi connectivity index (χ0) is 20.4. The highest BCUT2D eigenvalue weighted by atomic mass is 16.6. The number of amides is 2. The van der Waals surface area contributed by atoms with Gasteiger partial charge < -0.3 is 15.4 Å². The minimum Gasteiger partial charge on any atom is -0.382 e. The van der Waals surface area contributed by atoms with Crippen LogP contribution in [0.5, 0.6) is 0 Å². The van der Waals surface area contributed by atoms with Crippen LogP contribution in [-0.4, -0.2) is 36.5 Å². The smallest absolute Gasteiger partial charge is 0.269 e. The van der Waals surface area contributed by atoms with Gasteiger partial charge in [-0.05, 0) is 31.0 Å². The minimum absolute atomic E-state index is 0.0319. The van der Waals surface area contributed by atoms with Crippen molar-refractivity contribution in [1.82, 2.24) is 5.32 Å². The third-order valence-electron chi connectivity index (χ3n) is 3.91. The van der Waals surface area contributed by atoms with Gasteiger partial charge in [0, 0.05) is 31.9 Å². The normalized spacial score (nSPS) is 10.3. The van der Waals surface area contributed by atoms with Crippen molar-refractivity contribution in [2.24, 2.45) is 0 Å². The molecule has 0 unspecified atom stereocenters. The summed E-state index contributed by atoms with van der Waals surface area (Å²) in [7, 11) is 0. The van der Waals surface area contributed by atoms with Gasteiger partial charge in [-0.1, -0.05) is 24.3 Å². The Morgan fingerprint density at radius 2 is 1.82 bits per heavy atom. The number of nitro benzene ring substituents is 1. The molecule has 0 fully saturated rings. The van der Waals surface area contributed by atoms with E-state index < -0.39 is 4.92 Å². The van der Waals surface area contributed by atoms with Gasteiger partial charge in [0.2, 0.25) is 5.91 Å². The highest BCUT2D eigenvalue weighted by Crippen LogP contribution is 2.17. The number of hydrogen-bond acceptors (Lipinski definition) is 5. The molecule has 2 N–H and O–H groups in total. The molecule has 0 spiro atoms. The fourth-order valence-corrected chi connectivity index (χ4v) is 2.52. The Kier molecular flexibility index (Phi) is 8.11. The number of non-ortho nitro benzene ring substituents is 1. The van der Waals surface area contributed by atoms with Crippen LogP contribution in [0, 0.1) is 10.1 Å². The molecule has 0 saturated carbocycles. The molecular formula is C20H23N3O5. The van der Waals surface area contributed by atoms with Gasteiger partial charge in [0.1, 0.15) is 0 Å². The van der Waals surface area contributed by atoms with Gasteiger partial charge in [-0.15, -0.1) is 0 Å². The Bertz CT molecular complexity index is 821. The highest BCUT2D eigenvalue weighted by molar-refractivity contribution is 6.04. The van der Waals surface area contributed by atoms with Crippen molar-refractivity contribution in [1.29, 1.82) is 0 Å². The van der Waals surface area contributed by atoms with Crippen molar-refractivity contribution in [2.45, 2.75) is 19.8 Å². The van der Waals surface area contributed by atoms with Crippen LogP contribution in [0.3, 0.4) is 0 Å². The predicted molar refractivity (Wildman–Crippen MR) is 105 cm³/mol. The van der Waals surface area contributed by atoms with Gasteiger partial charge >= 0.3 is 0 Å². The maximum Gasteiger partial charge on any atom is 0.269 e. The van der Waals surface area contributed by atoms with Gasteiger partial charge in [-0.2, -0.15) is 0 Å². The van der Waals surface area contributed by atoms with Crippen LogP contribution in [0.2, 0.25) is 0 Å². The predicted octanol–water partition coefficient (Wildman–Crippen LogP) is 2.93. The SMILES string of the molecule is CCOCCCNC(=O)c1ccccc1NC(=O)Cc1ccc([N+](=O)[O-])cc1. The van der Waals surface area contributed by atoms with Crippen LogP contribution in [0.25, 0.3) is 0 Å². The molecule has 2 rings (SSSR count). The first-order valence-electron chi connectivity index (χ1n) is 8.99. The standard InChI is InChI=1S/C20H23N3O5/c1-2-28-13-5-12-21-20(25)17-6-3-4-7-18(17)22-19(24)14-15-8-10-16(11-9-15)23(26)27/h3-4,6-11H,2,5,12-14H2,1H3,(H,21,25)(H,22,24). The molecule has 0 aliphatic heterocycles. The number of nitrogens with one attached hydrogen (secondary N) is 2. The molecule has 8 nitrogen and oxygen atoms in total. The lowest BCUT2D eigenvalue weighted by atomic mass is 10.1. The highest BCUT2D eigenvalue weighted by Gasteiger charge is 2.13. The number of hydrogen-bond donors (Lipinski definition) is 2. The van der Waals surface area contributed by atoms with Gasteiger partial charge in [0.25, 0.3) is 11.6 Å². The number of benzene rings is 2. The second-order valence-electron chi connectivity index (χ2n) is 6.00. The first-order chi connectivity index (χ1) is 13.5. The molecule has 28 heavy (non-hydrogen) atoms. The molecule has 0 aromatic heterocycles. The lowest BCUT2D eigenvalue weighted by molar-refractivity contribution is -0.384. The molecule has 0 heterocycles. The second kappa shape index (κ2) is 10.8. The van der Waals surface area contributed by atoms with E-state index in [0.717, 1.165) is 0 Å². The number of anilines is 1. The van der Waals surface area contributed by atoms with Crippen molar-refractivity contribution < 1.29 is 19.2 Å². The number of nitro groups is 1. The summed E-state index contributed by atoms with van der Waals surface area (Å²) in [6.45, 7) is 3.60. The zero-order valence-corrected chi connectivity index (χ0v) is 15.6. The number of carbonyl (C=O) groups is 2. The van der Waals surface area contributed by atoms with Crippen molar-refractivity contribution in [3.05, 3.63) is 69.8 Å². The van der Waals surface area contributed by atoms with E-state index in [1.54, 1.807) is 24.3 Å². The third-order valence-corrected chi connectivity index (χ3v) is 3.91. The van der Waals surface area contributed by atoms with Gasteiger partial charge in [-0.25, -0.2) is 0 Å². The largest absolute Gasteiger partial charge is 0.382 e. The minimum atomic E-state index is -0.493. The summed E-state index contributed by atoms with van der Waals surface area (Å²) < 4.78 is 5.23. The van der Waals surface area contributed by atoms with E-state index >= 15 is 0 Å². The summed E-state index contributed by atoms with van der Waals surface area (Å²) in [6, 6.07) is 12.5. The van der Waals surface area contributed by atoms with Crippen LogP contribution in [0.4, 0.5) is 11.4 Å². The van der Waals surface area contributed by atoms with Crippen molar-refractivity contribution in [3.8, 4) is 0 Å². The summed E-state index contributed by atoms with van der Waals surface area (Å²) in [5, 5.41) is 16.2. The van der Waals surface area contributed by atoms with E-state index in [4.69, 9.17) is 4.74 Å². The number of para-hydroxylation sites is 1.